The lowest BCUT2D eigenvalue weighted by Crippen LogP contribution is -2.60. The molecule has 1 amide bonds. The van der Waals surface area contributed by atoms with Gasteiger partial charge in [-0.15, -0.1) is 0 Å². The van der Waals surface area contributed by atoms with Gasteiger partial charge < -0.3 is 40.3 Å². The van der Waals surface area contributed by atoms with E-state index in [1.165, 1.54) is 83.5 Å². The Bertz CT molecular complexity index is 1380. The van der Waals surface area contributed by atoms with Crippen LogP contribution in [-0.4, -0.2) is 87.5 Å². The van der Waals surface area contributed by atoms with E-state index in [4.69, 9.17) is 9.47 Å². The van der Waals surface area contributed by atoms with Gasteiger partial charge in [-0.3, -0.25) is 4.79 Å². The minimum Gasteiger partial charge on any atom is -0.394 e. The third kappa shape index (κ3) is 37.0. The summed E-state index contributed by atoms with van der Waals surface area (Å²) >= 11 is 0. The van der Waals surface area contributed by atoms with Crippen LogP contribution in [0.3, 0.4) is 0 Å². The van der Waals surface area contributed by atoms with Crippen LogP contribution in [0.25, 0.3) is 0 Å². The molecular weight excluding hydrogens is 851 g/mol. The molecule has 1 aliphatic rings. The smallest absolute Gasteiger partial charge is 0.220 e. The second kappa shape index (κ2) is 47.8. The first-order chi connectivity index (χ1) is 33.3. The van der Waals surface area contributed by atoms with Gasteiger partial charge in [0.25, 0.3) is 0 Å². The molecule has 1 rings (SSSR count). The summed E-state index contributed by atoms with van der Waals surface area (Å²) in [5.74, 6) is -0.158. The molecule has 0 radical (unpaired) electrons. The molecule has 1 saturated heterocycles. The minimum absolute atomic E-state index is 0.146. The molecule has 0 spiro atoms. The lowest BCUT2D eigenvalue weighted by Gasteiger charge is -2.40. The normalized spacial score (nSPS) is 20.4. The molecule has 0 aromatic heterocycles. The maximum Gasteiger partial charge on any atom is 0.220 e. The Morgan fingerprint density at radius 2 is 0.912 bits per heavy atom. The van der Waals surface area contributed by atoms with Crippen molar-refractivity contribution in [1.82, 2.24) is 5.32 Å². The summed E-state index contributed by atoms with van der Waals surface area (Å²) in [6.45, 7) is 3.70. The molecule has 0 aromatic carbocycles. The summed E-state index contributed by atoms with van der Waals surface area (Å²) in [5.41, 5.74) is 0. The van der Waals surface area contributed by atoms with E-state index in [0.29, 0.717) is 12.8 Å². The molecule has 1 fully saturated rings. The molecule has 9 heteroatoms. The molecule has 0 bridgehead atoms. The van der Waals surface area contributed by atoms with Crippen molar-refractivity contribution in [2.75, 3.05) is 13.2 Å². The monoisotopic (exact) mass is 952 g/mol. The van der Waals surface area contributed by atoms with Gasteiger partial charge in [-0.25, -0.2) is 0 Å². The van der Waals surface area contributed by atoms with Gasteiger partial charge in [0, 0.05) is 6.42 Å². The van der Waals surface area contributed by atoms with Crippen molar-refractivity contribution in [1.29, 1.82) is 0 Å². The van der Waals surface area contributed by atoms with E-state index in [1.807, 2.05) is 0 Å². The number of carbonyl (C=O) groups is 1. The summed E-state index contributed by atoms with van der Waals surface area (Å²) in [5, 5.41) is 54.5. The summed E-state index contributed by atoms with van der Waals surface area (Å²) < 4.78 is 11.3. The zero-order chi connectivity index (χ0) is 49.4. The molecule has 9 nitrogen and oxygen atoms in total. The lowest BCUT2D eigenvalue weighted by atomic mass is 9.99. The van der Waals surface area contributed by atoms with Crippen molar-refractivity contribution in [2.45, 2.75) is 256 Å². The van der Waals surface area contributed by atoms with Crippen LogP contribution in [-0.2, 0) is 14.3 Å². The van der Waals surface area contributed by atoms with Gasteiger partial charge >= 0.3 is 0 Å². The van der Waals surface area contributed by atoms with E-state index in [-0.39, 0.29) is 12.5 Å². The average Bonchev–Trinajstić information content (AvgIpc) is 3.34. The number of ether oxygens (including phenoxy) is 2. The van der Waals surface area contributed by atoms with Gasteiger partial charge in [0.2, 0.25) is 5.91 Å². The van der Waals surface area contributed by atoms with Crippen LogP contribution in [0.15, 0.2) is 97.2 Å². The summed E-state index contributed by atoms with van der Waals surface area (Å²) in [6.07, 6.45) is 61.4. The van der Waals surface area contributed by atoms with Crippen LogP contribution < -0.4 is 5.32 Å². The van der Waals surface area contributed by atoms with E-state index in [2.05, 4.69) is 116 Å². The minimum atomic E-state index is -1.56. The predicted octanol–water partition coefficient (Wildman–Crippen LogP) is 13.2. The summed E-state index contributed by atoms with van der Waals surface area (Å²) in [7, 11) is 0. The van der Waals surface area contributed by atoms with Crippen molar-refractivity contribution in [3.8, 4) is 0 Å². The van der Waals surface area contributed by atoms with E-state index in [0.717, 1.165) is 103 Å². The fourth-order valence-corrected chi connectivity index (χ4v) is 8.12. The Labute approximate surface area is 415 Å². The van der Waals surface area contributed by atoms with Gasteiger partial charge in [0.05, 0.1) is 25.4 Å². The Kier molecular flexibility index (Phi) is 44.3. The fourth-order valence-electron chi connectivity index (χ4n) is 8.12. The Morgan fingerprint density at radius 3 is 1.35 bits per heavy atom. The van der Waals surface area contributed by atoms with Crippen molar-refractivity contribution in [3.05, 3.63) is 97.2 Å². The second-order valence-corrected chi connectivity index (χ2v) is 18.6. The van der Waals surface area contributed by atoms with Crippen molar-refractivity contribution < 1.29 is 39.8 Å². The number of carbonyl (C=O) groups excluding carboxylic acids is 1. The lowest BCUT2D eigenvalue weighted by molar-refractivity contribution is -0.302. The number of allylic oxidation sites excluding steroid dienone is 16. The highest BCUT2D eigenvalue weighted by Gasteiger charge is 2.44. The van der Waals surface area contributed by atoms with Gasteiger partial charge in [0.1, 0.15) is 24.4 Å². The first-order valence-electron chi connectivity index (χ1n) is 27.4. The predicted molar refractivity (Wildman–Crippen MR) is 285 cm³/mol. The molecule has 0 saturated carbocycles. The SMILES string of the molecule is CC/C=C\C/C=C\C/C=C\C/C=C\C/C=C\C/C=C\C/C=C\C/C=C\CCCCCCCCCCC(=O)NC(COC1OC(CO)C(O)C(O)C1O)C(O)CCCCCCCCCCCCCC. The molecule has 0 aliphatic carbocycles. The van der Waals surface area contributed by atoms with Gasteiger partial charge in [-0.05, 0) is 77.0 Å². The largest absolute Gasteiger partial charge is 0.394 e. The molecule has 1 aliphatic heterocycles. The number of unbranched alkanes of at least 4 members (excludes halogenated alkanes) is 19. The number of nitrogens with one attached hydrogen (secondary N) is 1. The van der Waals surface area contributed by atoms with Crippen molar-refractivity contribution in [2.24, 2.45) is 0 Å². The van der Waals surface area contributed by atoms with Gasteiger partial charge in [-0.2, -0.15) is 0 Å². The number of aliphatic hydroxyl groups is 5. The first-order valence-corrected chi connectivity index (χ1v) is 27.4. The van der Waals surface area contributed by atoms with Crippen LogP contribution in [0.1, 0.15) is 213 Å². The highest BCUT2D eigenvalue weighted by molar-refractivity contribution is 5.76. The van der Waals surface area contributed by atoms with E-state index in [9.17, 15) is 30.3 Å². The standard InChI is InChI=1S/C59H101NO8/c1-3-5-7-9-11-13-15-17-18-19-20-21-22-23-24-25-26-27-28-29-30-31-32-33-34-35-36-37-39-41-43-45-47-49-55(63)60-52(51-67-59-58(66)57(65)56(64)54(50-61)68-59)53(62)48-46-44-42-40-38-16-14-12-10-8-6-4-2/h5,7,11,13,17-18,20-21,23-24,26-27,29-30,32-33,52-54,56-59,61-62,64-66H,3-4,6,8-10,12,14-16,19,22,25,28,31,34-51H2,1-2H3,(H,60,63)/b7-5-,13-11-,18-17-,21-20-,24-23-,27-26-,30-29-,33-32-. The van der Waals surface area contributed by atoms with Crippen molar-refractivity contribution >= 4 is 5.91 Å². The van der Waals surface area contributed by atoms with Gasteiger partial charge in [0.15, 0.2) is 6.29 Å². The highest BCUT2D eigenvalue weighted by Crippen LogP contribution is 2.23. The molecular formula is C59H101NO8. The molecule has 7 unspecified atom stereocenters. The van der Waals surface area contributed by atoms with Gasteiger partial charge in [-0.1, -0.05) is 227 Å². The fraction of sp³-hybridized carbons (Fsp3) is 0.712. The summed E-state index contributed by atoms with van der Waals surface area (Å²) in [6, 6.07) is -0.729. The van der Waals surface area contributed by atoms with Crippen LogP contribution in [0, 0.1) is 0 Å². The van der Waals surface area contributed by atoms with Crippen LogP contribution in [0.4, 0.5) is 0 Å². The van der Waals surface area contributed by atoms with E-state index < -0.39 is 49.5 Å². The summed E-state index contributed by atoms with van der Waals surface area (Å²) in [4.78, 5) is 13.0. The Balaban J connectivity index is 2.19. The molecule has 1 heterocycles. The zero-order valence-electron chi connectivity index (χ0n) is 43.1. The Morgan fingerprint density at radius 1 is 0.515 bits per heavy atom. The zero-order valence-corrected chi connectivity index (χ0v) is 43.1. The second-order valence-electron chi connectivity index (χ2n) is 18.6. The average molecular weight is 952 g/mol. The number of hydrogen-bond acceptors (Lipinski definition) is 8. The maximum absolute atomic E-state index is 13.0. The van der Waals surface area contributed by atoms with E-state index in [1.54, 1.807) is 0 Å². The third-order valence-corrected chi connectivity index (χ3v) is 12.5. The maximum atomic E-state index is 13.0. The topological polar surface area (TPSA) is 149 Å². The number of amides is 1. The molecule has 0 aromatic rings. The highest BCUT2D eigenvalue weighted by atomic mass is 16.7. The quantitative estimate of drug-likeness (QED) is 0.0261. The molecule has 390 valence electrons. The number of aliphatic hydroxyl groups excluding tert-OH is 5. The van der Waals surface area contributed by atoms with Crippen LogP contribution >= 0.6 is 0 Å². The first kappa shape index (κ1) is 63.1. The third-order valence-electron chi connectivity index (χ3n) is 12.5. The molecule has 6 N–H and O–H groups in total. The van der Waals surface area contributed by atoms with Crippen LogP contribution in [0.2, 0.25) is 0 Å². The Hall–Kier alpha value is -2.89. The molecule has 7 atom stereocenters. The number of hydrogen-bond donors (Lipinski definition) is 6. The molecule has 68 heavy (non-hydrogen) atoms. The van der Waals surface area contributed by atoms with Crippen molar-refractivity contribution in [3.63, 3.8) is 0 Å². The number of rotatable bonds is 45. The van der Waals surface area contributed by atoms with Crippen LogP contribution in [0.5, 0.6) is 0 Å². The van der Waals surface area contributed by atoms with E-state index >= 15 is 0 Å².